The second-order valence-corrected chi connectivity index (χ2v) is 6.46. The molecule has 2 fully saturated rings. The molecule has 1 N–H and O–H groups in total. The Bertz CT molecular complexity index is 484. The summed E-state index contributed by atoms with van der Waals surface area (Å²) >= 11 is 5.92. The zero-order valence-corrected chi connectivity index (χ0v) is 12.6. The Kier molecular flexibility index (Phi) is 3.99. The second kappa shape index (κ2) is 5.74. The summed E-state index contributed by atoms with van der Waals surface area (Å²) in [5.41, 5.74) is 1.15. The number of halogens is 1. The highest BCUT2D eigenvalue weighted by atomic mass is 35.5. The van der Waals surface area contributed by atoms with E-state index in [9.17, 15) is 4.79 Å². The fourth-order valence-electron chi connectivity index (χ4n) is 2.90. The van der Waals surface area contributed by atoms with Gasteiger partial charge in [0.15, 0.2) is 0 Å². The number of benzene rings is 1. The van der Waals surface area contributed by atoms with Crippen LogP contribution in [0.4, 0.5) is 0 Å². The maximum Gasteiger partial charge on any atom is 0.240 e. The monoisotopic (exact) mass is 292 g/mol. The second-order valence-electron chi connectivity index (χ2n) is 6.02. The van der Waals surface area contributed by atoms with Crippen LogP contribution in [0.3, 0.4) is 0 Å². The average Bonchev–Trinajstić information content (AvgIpc) is 3.19. The molecule has 0 radical (unpaired) electrons. The van der Waals surface area contributed by atoms with E-state index in [1.54, 1.807) is 0 Å². The van der Waals surface area contributed by atoms with Crippen molar-refractivity contribution in [3.63, 3.8) is 0 Å². The van der Waals surface area contributed by atoms with Gasteiger partial charge in [-0.25, -0.2) is 0 Å². The van der Waals surface area contributed by atoms with Crippen LogP contribution >= 0.6 is 11.6 Å². The van der Waals surface area contributed by atoms with Crippen LogP contribution in [0.5, 0.6) is 0 Å². The Morgan fingerprint density at radius 3 is 2.55 bits per heavy atom. The number of amides is 1. The highest BCUT2D eigenvalue weighted by molar-refractivity contribution is 6.30. The molecular formula is C16H21ClN2O. The Balaban J connectivity index is 1.72. The molecule has 1 saturated heterocycles. The molecule has 4 heteroatoms. The zero-order chi connectivity index (χ0) is 14.1. The van der Waals surface area contributed by atoms with Crippen LogP contribution in [0.25, 0.3) is 0 Å². The number of carbonyl (C=O) groups is 1. The highest BCUT2D eigenvalue weighted by Crippen LogP contribution is 2.30. The van der Waals surface area contributed by atoms with Crippen molar-refractivity contribution >= 4 is 17.5 Å². The minimum atomic E-state index is 0.00269. The number of hydrogen-bond donors (Lipinski definition) is 1. The van der Waals surface area contributed by atoms with Gasteiger partial charge in [0.05, 0.1) is 6.04 Å². The van der Waals surface area contributed by atoms with Crippen LogP contribution in [0.2, 0.25) is 5.02 Å². The summed E-state index contributed by atoms with van der Waals surface area (Å²) in [5.74, 6) is 0.710. The van der Waals surface area contributed by atoms with Gasteiger partial charge in [-0.2, -0.15) is 0 Å². The van der Waals surface area contributed by atoms with Gasteiger partial charge in [0.2, 0.25) is 5.91 Å². The molecule has 0 bridgehead atoms. The Morgan fingerprint density at radius 1 is 1.30 bits per heavy atom. The van der Waals surface area contributed by atoms with Gasteiger partial charge in [0.1, 0.15) is 0 Å². The summed E-state index contributed by atoms with van der Waals surface area (Å²) in [7, 11) is 0. The van der Waals surface area contributed by atoms with Gasteiger partial charge >= 0.3 is 0 Å². The van der Waals surface area contributed by atoms with Gasteiger partial charge < -0.3 is 10.2 Å². The van der Waals surface area contributed by atoms with Gasteiger partial charge in [-0.1, -0.05) is 30.7 Å². The normalized spacial score (nSPS) is 25.7. The third-order valence-corrected chi connectivity index (χ3v) is 4.59. The van der Waals surface area contributed by atoms with E-state index in [1.165, 1.54) is 0 Å². The van der Waals surface area contributed by atoms with Crippen molar-refractivity contribution in [3.05, 3.63) is 34.9 Å². The molecule has 0 spiro atoms. The quantitative estimate of drug-likeness (QED) is 0.925. The van der Waals surface area contributed by atoms with E-state index in [1.807, 2.05) is 24.3 Å². The molecule has 20 heavy (non-hydrogen) atoms. The highest BCUT2D eigenvalue weighted by Gasteiger charge is 2.39. The van der Waals surface area contributed by atoms with E-state index >= 15 is 0 Å². The van der Waals surface area contributed by atoms with Crippen LogP contribution < -0.4 is 5.32 Å². The Labute approximate surface area is 125 Å². The predicted octanol–water partition coefficient (Wildman–Crippen LogP) is 2.83. The number of nitrogens with zero attached hydrogens (tertiary/aromatic N) is 1. The number of rotatable bonds is 4. The molecular weight excluding hydrogens is 272 g/mol. The first-order valence-corrected chi connectivity index (χ1v) is 7.81. The first kappa shape index (κ1) is 13.9. The predicted molar refractivity (Wildman–Crippen MR) is 80.6 cm³/mol. The number of hydrogen-bond acceptors (Lipinski definition) is 2. The Hall–Kier alpha value is -1.06. The molecule has 108 valence electrons. The molecule has 1 aliphatic heterocycles. The molecule has 2 atom stereocenters. The molecule has 1 aromatic carbocycles. The summed E-state index contributed by atoms with van der Waals surface area (Å²) in [6, 6.07) is 8.24. The van der Waals surface area contributed by atoms with E-state index in [4.69, 9.17) is 11.6 Å². The number of carbonyl (C=O) groups excluding carboxylic acids is 1. The number of nitrogens with one attached hydrogen (secondary N) is 1. The van der Waals surface area contributed by atoms with E-state index in [0.717, 1.165) is 36.4 Å². The summed E-state index contributed by atoms with van der Waals surface area (Å²) in [6.45, 7) is 3.82. The third kappa shape index (κ3) is 2.99. The molecule has 1 aliphatic carbocycles. The molecule has 3 nitrogen and oxygen atoms in total. The Morgan fingerprint density at radius 2 is 2.00 bits per heavy atom. The smallest absolute Gasteiger partial charge is 0.240 e. The van der Waals surface area contributed by atoms with Crippen LogP contribution in [0, 0.1) is 5.92 Å². The minimum Gasteiger partial charge on any atom is -0.334 e. The molecule has 1 heterocycles. The van der Waals surface area contributed by atoms with E-state index in [2.05, 4.69) is 17.1 Å². The summed E-state index contributed by atoms with van der Waals surface area (Å²) in [5, 5.41) is 4.09. The molecule has 1 amide bonds. The summed E-state index contributed by atoms with van der Waals surface area (Å²) < 4.78 is 0. The van der Waals surface area contributed by atoms with Crippen molar-refractivity contribution in [2.24, 2.45) is 5.92 Å². The maximum absolute atomic E-state index is 12.7. The summed E-state index contributed by atoms with van der Waals surface area (Å²) in [4.78, 5) is 14.8. The van der Waals surface area contributed by atoms with E-state index in [0.29, 0.717) is 18.5 Å². The van der Waals surface area contributed by atoms with Gasteiger partial charge in [0.25, 0.3) is 0 Å². The lowest BCUT2D eigenvalue weighted by Crippen LogP contribution is -2.46. The van der Waals surface area contributed by atoms with Crippen LogP contribution in [0.1, 0.15) is 31.7 Å². The minimum absolute atomic E-state index is 0.00269. The largest absolute Gasteiger partial charge is 0.334 e. The first-order chi connectivity index (χ1) is 9.65. The van der Waals surface area contributed by atoms with Gasteiger partial charge in [-0.05, 0) is 49.4 Å². The van der Waals surface area contributed by atoms with Gasteiger partial charge in [-0.15, -0.1) is 0 Å². The van der Waals surface area contributed by atoms with Crippen molar-refractivity contribution < 1.29 is 4.79 Å². The lowest BCUT2D eigenvalue weighted by Gasteiger charge is -2.27. The van der Waals surface area contributed by atoms with Gasteiger partial charge in [0, 0.05) is 17.6 Å². The molecule has 2 aliphatic rings. The van der Waals surface area contributed by atoms with E-state index in [-0.39, 0.29) is 11.9 Å². The van der Waals surface area contributed by atoms with Crippen molar-refractivity contribution in [3.8, 4) is 0 Å². The molecule has 2 unspecified atom stereocenters. The lowest BCUT2D eigenvalue weighted by atomic mass is 10.0. The lowest BCUT2D eigenvalue weighted by molar-refractivity contribution is -0.135. The molecule has 0 aromatic heterocycles. The standard InChI is InChI=1S/C16H21ClN2O/c1-11-8-9-18-15(11)16(20)19(14-6-7-14)10-12-2-4-13(17)5-3-12/h2-5,11,14-15,18H,6-10H2,1H3. The van der Waals surface area contributed by atoms with Crippen molar-refractivity contribution in [1.82, 2.24) is 10.2 Å². The van der Waals surface area contributed by atoms with E-state index < -0.39 is 0 Å². The van der Waals surface area contributed by atoms with Crippen molar-refractivity contribution in [1.29, 1.82) is 0 Å². The first-order valence-electron chi connectivity index (χ1n) is 7.43. The summed E-state index contributed by atoms with van der Waals surface area (Å²) in [6.07, 6.45) is 3.37. The molecule has 1 aromatic rings. The fraction of sp³-hybridized carbons (Fsp3) is 0.562. The maximum atomic E-state index is 12.7. The van der Waals surface area contributed by atoms with Crippen LogP contribution in [-0.2, 0) is 11.3 Å². The zero-order valence-electron chi connectivity index (χ0n) is 11.8. The average molecular weight is 293 g/mol. The van der Waals surface area contributed by atoms with Crippen LogP contribution in [-0.4, -0.2) is 29.4 Å². The third-order valence-electron chi connectivity index (χ3n) is 4.34. The molecule has 1 saturated carbocycles. The van der Waals surface area contributed by atoms with Crippen LogP contribution in [0.15, 0.2) is 24.3 Å². The SMILES string of the molecule is CC1CCNC1C(=O)N(Cc1ccc(Cl)cc1)C1CC1. The topological polar surface area (TPSA) is 32.3 Å². The molecule has 3 rings (SSSR count). The van der Waals surface area contributed by atoms with Crippen molar-refractivity contribution in [2.45, 2.75) is 44.8 Å². The van der Waals surface area contributed by atoms with Crippen molar-refractivity contribution in [2.75, 3.05) is 6.54 Å². The van der Waals surface area contributed by atoms with Gasteiger partial charge in [-0.3, -0.25) is 4.79 Å². The fourth-order valence-corrected chi connectivity index (χ4v) is 3.03.